The van der Waals surface area contributed by atoms with Gasteiger partial charge < -0.3 is 9.84 Å². The number of aromatic nitrogens is 2. The number of halogens is 1. The third kappa shape index (κ3) is 3.00. The molecule has 2 heterocycles. The van der Waals surface area contributed by atoms with Gasteiger partial charge in [-0.2, -0.15) is 0 Å². The molecule has 4 rings (SSSR count). The minimum Gasteiger partial charge on any atom is -0.497 e. The van der Waals surface area contributed by atoms with Crippen molar-refractivity contribution in [2.45, 2.75) is 13.3 Å². The second-order valence-corrected chi connectivity index (χ2v) is 6.80. The minimum atomic E-state index is -0.874. The fraction of sp³-hybridized carbons (Fsp3) is 0.143. The van der Waals surface area contributed by atoms with Gasteiger partial charge in [-0.05, 0) is 61.0 Å². The maximum atomic E-state index is 11.4. The second-order valence-electron chi connectivity index (χ2n) is 6.36. The molecule has 0 atom stereocenters. The van der Waals surface area contributed by atoms with Crippen LogP contribution >= 0.6 is 11.6 Å². The molecule has 0 amide bonds. The van der Waals surface area contributed by atoms with E-state index in [2.05, 4.69) is 0 Å². The number of pyridine rings is 1. The predicted octanol–water partition coefficient (Wildman–Crippen LogP) is 4.78. The van der Waals surface area contributed by atoms with Gasteiger partial charge in [0.25, 0.3) is 0 Å². The van der Waals surface area contributed by atoms with E-state index in [-0.39, 0.29) is 6.42 Å². The Balaban J connectivity index is 1.99. The summed E-state index contributed by atoms with van der Waals surface area (Å²) in [6.45, 7) is 1.92. The van der Waals surface area contributed by atoms with Crippen molar-refractivity contribution in [1.29, 1.82) is 0 Å². The first-order chi connectivity index (χ1) is 13.0. The molecule has 1 N–H and O–H groups in total. The monoisotopic (exact) mass is 380 g/mol. The molecular formula is C21H17ClN2O3. The molecule has 6 heteroatoms. The van der Waals surface area contributed by atoms with E-state index in [4.69, 9.17) is 21.3 Å². The van der Waals surface area contributed by atoms with E-state index in [1.165, 1.54) is 0 Å². The smallest absolute Gasteiger partial charge is 0.307 e. The quantitative estimate of drug-likeness (QED) is 0.553. The maximum absolute atomic E-state index is 11.4. The highest BCUT2D eigenvalue weighted by Crippen LogP contribution is 2.32. The molecule has 0 radical (unpaired) electrons. The van der Waals surface area contributed by atoms with Gasteiger partial charge >= 0.3 is 5.97 Å². The van der Waals surface area contributed by atoms with Gasteiger partial charge in [-0.3, -0.25) is 9.36 Å². The van der Waals surface area contributed by atoms with Crippen LogP contribution in [0, 0.1) is 6.92 Å². The molecule has 0 aliphatic carbocycles. The van der Waals surface area contributed by atoms with Gasteiger partial charge in [0.05, 0.1) is 24.6 Å². The zero-order valence-corrected chi connectivity index (χ0v) is 15.6. The van der Waals surface area contributed by atoms with Crippen molar-refractivity contribution in [1.82, 2.24) is 9.55 Å². The minimum absolute atomic E-state index is 0.0638. The number of ether oxygens (including phenoxy) is 1. The summed E-state index contributed by atoms with van der Waals surface area (Å²) in [5, 5.41) is 11.8. The highest BCUT2D eigenvalue weighted by molar-refractivity contribution is 6.31. The molecular weight excluding hydrogens is 364 g/mol. The molecule has 0 aliphatic rings. The van der Waals surface area contributed by atoms with Crippen LogP contribution in [-0.2, 0) is 11.2 Å². The van der Waals surface area contributed by atoms with Crippen molar-refractivity contribution in [3.05, 3.63) is 64.8 Å². The van der Waals surface area contributed by atoms with Crippen LogP contribution in [0.4, 0.5) is 0 Å². The Hall–Kier alpha value is -3.05. The molecule has 2 aromatic carbocycles. The van der Waals surface area contributed by atoms with Crippen molar-refractivity contribution < 1.29 is 14.6 Å². The van der Waals surface area contributed by atoms with Crippen LogP contribution in [0.3, 0.4) is 0 Å². The van der Waals surface area contributed by atoms with E-state index < -0.39 is 5.97 Å². The molecule has 0 bridgehead atoms. The number of carbonyl (C=O) groups is 1. The Morgan fingerprint density at radius 1 is 1.19 bits per heavy atom. The van der Waals surface area contributed by atoms with Crippen LogP contribution in [0.15, 0.2) is 48.5 Å². The molecule has 0 saturated carbocycles. The third-order valence-corrected chi connectivity index (χ3v) is 4.97. The van der Waals surface area contributed by atoms with Gasteiger partial charge in [-0.1, -0.05) is 11.6 Å². The van der Waals surface area contributed by atoms with E-state index in [1.807, 2.05) is 60.0 Å². The molecule has 27 heavy (non-hydrogen) atoms. The Labute approximate surface area is 160 Å². The number of carboxylic acids is 1. The van der Waals surface area contributed by atoms with Crippen molar-refractivity contribution in [2.75, 3.05) is 7.11 Å². The van der Waals surface area contributed by atoms with Crippen LogP contribution < -0.4 is 4.74 Å². The third-order valence-electron chi connectivity index (χ3n) is 4.74. The molecule has 136 valence electrons. The summed E-state index contributed by atoms with van der Waals surface area (Å²) in [5.74, 6) is 0.544. The average molecular weight is 381 g/mol. The van der Waals surface area contributed by atoms with Gasteiger partial charge in [0.1, 0.15) is 11.6 Å². The molecule has 4 aromatic rings. The Bertz CT molecular complexity index is 1200. The summed E-state index contributed by atoms with van der Waals surface area (Å²) in [5.41, 5.74) is 3.33. The Morgan fingerprint density at radius 2 is 2.00 bits per heavy atom. The lowest BCUT2D eigenvalue weighted by molar-refractivity contribution is -0.136. The molecule has 0 saturated heterocycles. The summed E-state index contributed by atoms with van der Waals surface area (Å²) in [6, 6.07) is 15.1. The fourth-order valence-corrected chi connectivity index (χ4v) is 3.65. The van der Waals surface area contributed by atoms with Crippen LogP contribution in [0.25, 0.3) is 27.6 Å². The molecule has 0 aliphatic heterocycles. The normalized spacial score (nSPS) is 11.2. The van der Waals surface area contributed by atoms with Crippen LogP contribution in [0.1, 0.15) is 11.3 Å². The standard InChI is InChI=1S/C21H17ClN2O3/c1-12-16(11-21(25)26)17-10-15(27-2)5-7-19(17)24(12)20-8-3-13-9-14(22)4-6-18(13)23-20/h3-10H,11H2,1-2H3,(H,25,26). The van der Waals surface area contributed by atoms with Gasteiger partial charge in [0.15, 0.2) is 0 Å². The first-order valence-corrected chi connectivity index (χ1v) is 8.82. The largest absolute Gasteiger partial charge is 0.497 e. The Morgan fingerprint density at radius 3 is 2.74 bits per heavy atom. The summed E-state index contributed by atoms with van der Waals surface area (Å²) in [6.07, 6.45) is -0.0638. The number of methoxy groups -OCH3 is 1. The van der Waals surface area contributed by atoms with Crippen LogP contribution in [0.5, 0.6) is 5.75 Å². The van der Waals surface area contributed by atoms with Crippen LogP contribution in [0.2, 0.25) is 5.02 Å². The van der Waals surface area contributed by atoms with Crippen molar-refractivity contribution in [2.24, 2.45) is 0 Å². The summed E-state index contributed by atoms with van der Waals surface area (Å²) in [7, 11) is 1.60. The fourth-order valence-electron chi connectivity index (χ4n) is 3.47. The van der Waals surface area contributed by atoms with E-state index in [1.54, 1.807) is 7.11 Å². The molecule has 5 nitrogen and oxygen atoms in total. The first kappa shape index (κ1) is 17.4. The summed E-state index contributed by atoms with van der Waals surface area (Å²) < 4.78 is 7.31. The molecule has 0 spiro atoms. The van der Waals surface area contributed by atoms with Gasteiger partial charge in [0.2, 0.25) is 0 Å². The number of nitrogens with zero attached hydrogens (tertiary/aromatic N) is 2. The van der Waals surface area contributed by atoms with Crippen molar-refractivity contribution >= 4 is 39.4 Å². The number of aliphatic carboxylic acids is 1. The zero-order valence-electron chi connectivity index (χ0n) is 14.9. The number of fused-ring (bicyclic) bond motifs is 2. The Kier molecular flexibility index (Phi) is 4.24. The number of benzene rings is 2. The highest BCUT2D eigenvalue weighted by Gasteiger charge is 2.19. The molecule has 0 fully saturated rings. The lowest BCUT2D eigenvalue weighted by atomic mass is 10.1. The van der Waals surface area contributed by atoms with E-state index in [9.17, 15) is 9.90 Å². The van der Waals surface area contributed by atoms with Crippen LogP contribution in [-0.4, -0.2) is 27.7 Å². The topological polar surface area (TPSA) is 64.3 Å². The number of hydrogen-bond donors (Lipinski definition) is 1. The van der Waals surface area contributed by atoms with E-state index in [0.29, 0.717) is 10.8 Å². The summed E-state index contributed by atoms with van der Waals surface area (Å²) in [4.78, 5) is 16.2. The van der Waals surface area contributed by atoms with Crippen molar-refractivity contribution in [3.8, 4) is 11.6 Å². The van der Waals surface area contributed by atoms with E-state index >= 15 is 0 Å². The molecule has 0 unspecified atom stereocenters. The first-order valence-electron chi connectivity index (χ1n) is 8.44. The van der Waals surface area contributed by atoms with E-state index in [0.717, 1.165) is 38.9 Å². The zero-order chi connectivity index (χ0) is 19.1. The van der Waals surface area contributed by atoms with Crippen molar-refractivity contribution in [3.63, 3.8) is 0 Å². The highest BCUT2D eigenvalue weighted by atomic mass is 35.5. The number of rotatable bonds is 4. The van der Waals surface area contributed by atoms with Gasteiger partial charge in [-0.15, -0.1) is 0 Å². The van der Waals surface area contributed by atoms with Gasteiger partial charge in [0, 0.05) is 21.5 Å². The second kappa shape index (κ2) is 6.59. The average Bonchev–Trinajstić information content (AvgIpc) is 2.92. The lowest BCUT2D eigenvalue weighted by Gasteiger charge is -2.09. The predicted molar refractivity (Wildman–Crippen MR) is 106 cm³/mol. The van der Waals surface area contributed by atoms with Gasteiger partial charge in [-0.25, -0.2) is 4.98 Å². The maximum Gasteiger partial charge on any atom is 0.307 e. The number of carboxylic acid groups (broad SMARTS) is 1. The SMILES string of the molecule is COc1ccc2c(c1)c(CC(=O)O)c(C)n2-c1ccc2cc(Cl)ccc2n1. The number of hydrogen-bond acceptors (Lipinski definition) is 3. The molecule has 2 aromatic heterocycles. The lowest BCUT2D eigenvalue weighted by Crippen LogP contribution is -2.04. The summed E-state index contributed by atoms with van der Waals surface area (Å²) >= 11 is 6.06.